The Morgan fingerprint density at radius 3 is 2.31 bits per heavy atom. The van der Waals surface area contributed by atoms with E-state index in [-0.39, 0.29) is 0 Å². The van der Waals surface area contributed by atoms with Crippen LogP contribution in [0.1, 0.15) is 64.5 Å². The Morgan fingerprint density at radius 1 is 1.12 bits per heavy atom. The van der Waals surface area contributed by atoms with Gasteiger partial charge in [0, 0.05) is 0 Å². The SMILES string of the molecule is CCc1ccccc1C(C)CCC(C)(C)C. The van der Waals surface area contributed by atoms with Crippen LogP contribution in [0.5, 0.6) is 0 Å². The minimum Gasteiger partial charge on any atom is -0.0620 e. The molecule has 0 nitrogen and oxygen atoms in total. The van der Waals surface area contributed by atoms with E-state index >= 15 is 0 Å². The third-order valence-corrected chi connectivity index (χ3v) is 3.29. The van der Waals surface area contributed by atoms with E-state index in [2.05, 4.69) is 58.9 Å². The normalized spacial score (nSPS) is 13.8. The molecular weight excluding hydrogens is 192 g/mol. The zero-order valence-electron chi connectivity index (χ0n) is 11.5. The maximum atomic E-state index is 2.36. The van der Waals surface area contributed by atoms with E-state index in [1.165, 1.54) is 18.4 Å². The third-order valence-electron chi connectivity index (χ3n) is 3.29. The van der Waals surface area contributed by atoms with Gasteiger partial charge in [0.25, 0.3) is 0 Å². The van der Waals surface area contributed by atoms with E-state index < -0.39 is 0 Å². The minimum atomic E-state index is 0.454. The summed E-state index contributed by atoms with van der Waals surface area (Å²) in [5.74, 6) is 0.690. The summed E-state index contributed by atoms with van der Waals surface area (Å²) in [4.78, 5) is 0. The van der Waals surface area contributed by atoms with Gasteiger partial charge in [0.2, 0.25) is 0 Å². The number of benzene rings is 1. The molecule has 0 aromatic heterocycles. The summed E-state index contributed by atoms with van der Waals surface area (Å²) in [6.07, 6.45) is 3.74. The molecule has 1 aromatic rings. The quantitative estimate of drug-likeness (QED) is 0.653. The summed E-state index contributed by atoms with van der Waals surface area (Å²) >= 11 is 0. The second-order valence-corrected chi connectivity index (χ2v) is 6.05. The van der Waals surface area contributed by atoms with Gasteiger partial charge in [0.05, 0.1) is 0 Å². The molecule has 0 aliphatic carbocycles. The van der Waals surface area contributed by atoms with Crippen LogP contribution in [-0.2, 0) is 6.42 Å². The summed E-state index contributed by atoms with van der Waals surface area (Å²) in [6.45, 7) is 11.6. The van der Waals surface area contributed by atoms with Crippen LogP contribution >= 0.6 is 0 Å². The maximum absolute atomic E-state index is 2.36. The Labute approximate surface area is 101 Å². The Morgan fingerprint density at radius 2 is 1.75 bits per heavy atom. The van der Waals surface area contributed by atoms with Gasteiger partial charge in [-0.1, -0.05) is 58.9 Å². The standard InChI is InChI=1S/C16H26/c1-6-14-9-7-8-10-15(14)13(2)11-12-16(3,4)5/h7-10,13H,6,11-12H2,1-5H3. The van der Waals surface area contributed by atoms with Crippen molar-refractivity contribution in [3.05, 3.63) is 35.4 Å². The van der Waals surface area contributed by atoms with Crippen molar-refractivity contribution >= 4 is 0 Å². The lowest BCUT2D eigenvalue weighted by Gasteiger charge is -2.22. The highest BCUT2D eigenvalue weighted by atomic mass is 14.2. The first-order chi connectivity index (χ1) is 7.44. The zero-order valence-corrected chi connectivity index (χ0v) is 11.5. The molecule has 1 aromatic carbocycles. The maximum Gasteiger partial charge on any atom is -0.0187 e. The van der Waals surface area contributed by atoms with Crippen molar-refractivity contribution in [2.75, 3.05) is 0 Å². The van der Waals surface area contributed by atoms with E-state index in [9.17, 15) is 0 Å². The Hall–Kier alpha value is -0.780. The lowest BCUT2D eigenvalue weighted by atomic mass is 9.83. The molecule has 0 N–H and O–H groups in total. The van der Waals surface area contributed by atoms with Gasteiger partial charge in [0.15, 0.2) is 0 Å². The number of rotatable bonds is 4. The van der Waals surface area contributed by atoms with Gasteiger partial charge in [-0.15, -0.1) is 0 Å². The van der Waals surface area contributed by atoms with Gasteiger partial charge in [-0.05, 0) is 41.7 Å². The summed E-state index contributed by atoms with van der Waals surface area (Å²) in [6, 6.07) is 8.88. The first kappa shape index (κ1) is 13.3. The molecule has 1 rings (SSSR count). The molecule has 16 heavy (non-hydrogen) atoms. The molecule has 0 spiro atoms. The number of hydrogen-bond donors (Lipinski definition) is 0. The summed E-state index contributed by atoms with van der Waals surface area (Å²) in [5, 5.41) is 0. The van der Waals surface area contributed by atoms with Gasteiger partial charge in [-0.2, -0.15) is 0 Å². The van der Waals surface area contributed by atoms with Crippen molar-refractivity contribution in [1.29, 1.82) is 0 Å². The highest BCUT2D eigenvalue weighted by Crippen LogP contribution is 2.30. The van der Waals surface area contributed by atoms with E-state index in [0.29, 0.717) is 11.3 Å². The fraction of sp³-hybridized carbons (Fsp3) is 0.625. The molecular formula is C16H26. The van der Waals surface area contributed by atoms with Crippen LogP contribution in [0, 0.1) is 5.41 Å². The lowest BCUT2D eigenvalue weighted by Crippen LogP contribution is -2.08. The van der Waals surface area contributed by atoms with Crippen LogP contribution in [0.4, 0.5) is 0 Å². The van der Waals surface area contributed by atoms with Gasteiger partial charge in [0.1, 0.15) is 0 Å². The predicted octanol–water partition coefficient (Wildman–Crippen LogP) is 5.18. The molecule has 0 radical (unpaired) electrons. The summed E-state index contributed by atoms with van der Waals surface area (Å²) < 4.78 is 0. The molecule has 0 aliphatic heterocycles. The van der Waals surface area contributed by atoms with Crippen molar-refractivity contribution in [3.8, 4) is 0 Å². The van der Waals surface area contributed by atoms with Gasteiger partial charge >= 0.3 is 0 Å². The van der Waals surface area contributed by atoms with Crippen LogP contribution in [0.15, 0.2) is 24.3 Å². The van der Waals surface area contributed by atoms with E-state index in [1.54, 1.807) is 5.56 Å². The fourth-order valence-electron chi connectivity index (χ4n) is 2.14. The van der Waals surface area contributed by atoms with Crippen LogP contribution in [0.2, 0.25) is 0 Å². The molecule has 0 fully saturated rings. The predicted molar refractivity (Wildman–Crippen MR) is 72.9 cm³/mol. The summed E-state index contributed by atoms with van der Waals surface area (Å²) in [7, 11) is 0. The Balaban J connectivity index is 2.69. The molecule has 0 aliphatic rings. The Kier molecular flexibility index (Phi) is 4.58. The van der Waals surface area contributed by atoms with E-state index in [0.717, 1.165) is 6.42 Å². The van der Waals surface area contributed by atoms with E-state index in [4.69, 9.17) is 0 Å². The van der Waals surface area contributed by atoms with Crippen molar-refractivity contribution in [3.63, 3.8) is 0 Å². The Bertz CT molecular complexity index is 317. The molecule has 0 heteroatoms. The van der Waals surface area contributed by atoms with Crippen molar-refractivity contribution in [1.82, 2.24) is 0 Å². The number of hydrogen-bond acceptors (Lipinski definition) is 0. The highest BCUT2D eigenvalue weighted by molar-refractivity contribution is 5.29. The lowest BCUT2D eigenvalue weighted by molar-refractivity contribution is 0.352. The topological polar surface area (TPSA) is 0 Å². The second kappa shape index (κ2) is 5.52. The molecule has 0 heterocycles. The monoisotopic (exact) mass is 218 g/mol. The molecule has 90 valence electrons. The molecule has 0 amide bonds. The van der Waals surface area contributed by atoms with Gasteiger partial charge in [-0.3, -0.25) is 0 Å². The highest BCUT2D eigenvalue weighted by Gasteiger charge is 2.14. The number of aryl methyl sites for hydroxylation is 1. The summed E-state index contributed by atoms with van der Waals surface area (Å²) in [5.41, 5.74) is 3.52. The van der Waals surface area contributed by atoms with Crippen molar-refractivity contribution in [2.24, 2.45) is 5.41 Å². The van der Waals surface area contributed by atoms with Crippen LogP contribution in [0.25, 0.3) is 0 Å². The second-order valence-electron chi connectivity index (χ2n) is 6.05. The molecule has 0 saturated heterocycles. The average Bonchev–Trinajstić information content (AvgIpc) is 2.25. The molecule has 1 unspecified atom stereocenters. The smallest absolute Gasteiger partial charge is 0.0187 e. The molecule has 1 atom stereocenters. The van der Waals surface area contributed by atoms with Gasteiger partial charge < -0.3 is 0 Å². The van der Waals surface area contributed by atoms with Crippen LogP contribution in [-0.4, -0.2) is 0 Å². The van der Waals surface area contributed by atoms with Gasteiger partial charge in [-0.25, -0.2) is 0 Å². The zero-order chi connectivity index (χ0) is 12.2. The van der Waals surface area contributed by atoms with Crippen LogP contribution < -0.4 is 0 Å². The third kappa shape index (κ3) is 4.00. The minimum absolute atomic E-state index is 0.454. The first-order valence-electron chi connectivity index (χ1n) is 6.52. The largest absolute Gasteiger partial charge is 0.0620 e. The average molecular weight is 218 g/mol. The van der Waals surface area contributed by atoms with Crippen molar-refractivity contribution in [2.45, 2.75) is 59.8 Å². The first-order valence-corrected chi connectivity index (χ1v) is 6.52. The molecule has 0 saturated carbocycles. The van der Waals surface area contributed by atoms with Crippen LogP contribution in [0.3, 0.4) is 0 Å². The van der Waals surface area contributed by atoms with Crippen molar-refractivity contribution < 1.29 is 0 Å². The fourth-order valence-corrected chi connectivity index (χ4v) is 2.14. The van der Waals surface area contributed by atoms with E-state index in [1.807, 2.05) is 0 Å². The molecule has 0 bridgehead atoms.